The number of nitrogens with one attached hydrogen (secondary N) is 2. The number of carbonyl (C=O) groups excluding carboxylic acids is 1. The van der Waals surface area contributed by atoms with E-state index in [4.69, 9.17) is 0 Å². The fourth-order valence-electron chi connectivity index (χ4n) is 4.03. The van der Waals surface area contributed by atoms with Crippen LogP contribution in [-0.2, 0) is 13.0 Å². The van der Waals surface area contributed by atoms with Crippen molar-refractivity contribution in [3.63, 3.8) is 0 Å². The van der Waals surface area contributed by atoms with E-state index in [1.165, 1.54) is 43.6 Å². The highest BCUT2D eigenvalue weighted by Crippen LogP contribution is 2.20. The summed E-state index contributed by atoms with van der Waals surface area (Å²) in [6, 6.07) is 16.7. The molecule has 1 heterocycles. The van der Waals surface area contributed by atoms with E-state index < -0.39 is 0 Å². The van der Waals surface area contributed by atoms with Crippen LogP contribution in [0.15, 0.2) is 53.5 Å². The van der Waals surface area contributed by atoms with Gasteiger partial charge in [-0.15, -0.1) is 24.0 Å². The van der Waals surface area contributed by atoms with Gasteiger partial charge in [0, 0.05) is 58.6 Å². The maximum Gasteiger partial charge on any atom is 0.251 e. The summed E-state index contributed by atoms with van der Waals surface area (Å²) in [7, 11) is 5.52. The lowest BCUT2D eigenvalue weighted by Crippen LogP contribution is -2.39. The van der Waals surface area contributed by atoms with Crippen molar-refractivity contribution < 1.29 is 4.79 Å². The van der Waals surface area contributed by atoms with E-state index in [-0.39, 0.29) is 29.9 Å². The number of aliphatic imine (C=N–C) groups is 1. The third-order valence-corrected chi connectivity index (χ3v) is 5.76. The predicted octanol–water partition coefficient (Wildman–Crippen LogP) is 3.90. The topological polar surface area (TPSA) is 60.0 Å². The molecule has 1 saturated heterocycles. The molecule has 32 heavy (non-hydrogen) atoms. The zero-order chi connectivity index (χ0) is 22.1. The number of guanidine groups is 1. The van der Waals surface area contributed by atoms with Gasteiger partial charge < -0.3 is 20.4 Å². The second-order valence-corrected chi connectivity index (χ2v) is 8.07. The van der Waals surface area contributed by atoms with Gasteiger partial charge >= 0.3 is 0 Å². The Morgan fingerprint density at radius 2 is 1.78 bits per heavy atom. The maximum absolute atomic E-state index is 11.8. The molecule has 2 N–H and O–H groups in total. The molecule has 0 saturated carbocycles. The molecule has 1 fully saturated rings. The first-order valence-electron chi connectivity index (χ1n) is 11.2. The van der Waals surface area contributed by atoms with Crippen molar-refractivity contribution in [3.8, 4) is 0 Å². The molecule has 174 valence electrons. The van der Waals surface area contributed by atoms with Gasteiger partial charge in [-0.25, -0.2) is 0 Å². The SMILES string of the molecule is CN=C(NCCc1cccc(C(=O)NC)c1)N(C)Cc1ccc(N2CCCCC2)cc1.I. The molecule has 0 spiro atoms. The Labute approximate surface area is 209 Å². The van der Waals surface area contributed by atoms with Crippen molar-refractivity contribution >= 4 is 41.5 Å². The minimum Gasteiger partial charge on any atom is -0.372 e. The first-order chi connectivity index (χ1) is 15.1. The number of benzene rings is 2. The zero-order valence-electron chi connectivity index (χ0n) is 19.4. The largest absolute Gasteiger partial charge is 0.372 e. The summed E-state index contributed by atoms with van der Waals surface area (Å²) < 4.78 is 0. The van der Waals surface area contributed by atoms with E-state index in [0.717, 1.165) is 31.0 Å². The average Bonchev–Trinajstić information content (AvgIpc) is 2.82. The normalized spacial score (nSPS) is 13.8. The Morgan fingerprint density at radius 1 is 1.06 bits per heavy atom. The molecule has 7 heteroatoms. The predicted molar refractivity (Wildman–Crippen MR) is 144 cm³/mol. The van der Waals surface area contributed by atoms with E-state index in [0.29, 0.717) is 5.56 Å². The molecule has 0 atom stereocenters. The molecule has 0 aromatic heterocycles. The van der Waals surface area contributed by atoms with Crippen LogP contribution >= 0.6 is 24.0 Å². The molecule has 6 nitrogen and oxygen atoms in total. The highest BCUT2D eigenvalue weighted by Gasteiger charge is 2.12. The van der Waals surface area contributed by atoms with Gasteiger partial charge in [-0.05, 0) is 61.1 Å². The summed E-state index contributed by atoms with van der Waals surface area (Å²) in [6.45, 7) is 3.89. The highest BCUT2D eigenvalue weighted by atomic mass is 127. The lowest BCUT2D eigenvalue weighted by atomic mass is 10.1. The number of rotatable bonds is 7. The number of hydrogen-bond acceptors (Lipinski definition) is 3. The molecule has 3 rings (SSSR count). The van der Waals surface area contributed by atoms with E-state index in [2.05, 4.69) is 56.7 Å². The van der Waals surface area contributed by atoms with Gasteiger partial charge in [0.15, 0.2) is 5.96 Å². The van der Waals surface area contributed by atoms with Crippen LogP contribution in [0.3, 0.4) is 0 Å². The Bertz CT molecular complexity index is 878. The highest BCUT2D eigenvalue weighted by molar-refractivity contribution is 14.0. The summed E-state index contributed by atoms with van der Waals surface area (Å²) in [5.74, 6) is 0.805. The molecule has 0 radical (unpaired) electrons. The van der Waals surface area contributed by atoms with Crippen molar-refractivity contribution in [2.45, 2.75) is 32.2 Å². The number of anilines is 1. The molecule has 1 aliphatic heterocycles. The van der Waals surface area contributed by atoms with Gasteiger partial charge in [-0.3, -0.25) is 9.79 Å². The number of nitrogens with zero attached hydrogens (tertiary/aromatic N) is 3. The number of carbonyl (C=O) groups is 1. The smallest absolute Gasteiger partial charge is 0.251 e. The Hall–Kier alpha value is -2.29. The lowest BCUT2D eigenvalue weighted by Gasteiger charge is -2.29. The first-order valence-corrected chi connectivity index (χ1v) is 11.2. The van der Waals surface area contributed by atoms with E-state index in [1.54, 1.807) is 7.05 Å². The van der Waals surface area contributed by atoms with E-state index in [9.17, 15) is 4.79 Å². The van der Waals surface area contributed by atoms with E-state index >= 15 is 0 Å². The third kappa shape index (κ3) is 7.39. The minimum atomic E-state index is -0.0587. The van der Waals surface area contributed by atoms with Crippen LogP contribution in [0.4, 0.5) is 5.69 Å². The second kappa shape index (κ2) is 13.3. The molecule has 0 bridgehead atoms. The summed E-state index contributed by atoms with van der Waals surface area (Å²) in [6.07, 6.45) is 4.76. The summed E-state index contributed by atoms with van der Waals surface area (Å²) in [5, 5.41) is 6.10. The molecule has 1 amide bonds. The van der Waals surface area contributed by atoms with Crippen LogP contribution in [0.1, 0.15) is 40.7 Å². The first kappa shape index (κ1) is 26.0. The fraction of sp³-hybridized carbons (Fsp3) is 0.440. The number of hydrogen-bond donors (Lipinski definition) is 2. The van der Waals surface area contributed by atoms with Crippen LogP contribution in [0.2, 0.25) is 0 Å². The Kier molecular flexibility index (Phi) is 10.8. The van der Waals surface area contributed by atoms with Crippen LogP contribution in [0, 0.1) is 0 Å². The Balaban J connectivity index is 0.00000363. The van der Waals surface area contributed by atoms with Gasteiger partial charge in [-0.1, -0.05) is 24.3 Å². The van der Waals surface area contributed by atoms with Crippen molar-refractivity contribution in [2.24, 2.45) is 4.99 Å². The lowest BCUT2D eigenvalue weighted by molar-refractivity contribution is 0.0963. The molecular weight excluding hydrogens is 513 g/mol. The monoisotopic (exact) mass is 549 g/mol. The molecular formula is C25H36IN5O. The van der Waals surface area contributed by atoms with Crippen molar-refractivity contribution in [1.82, 2.24) is 15.5 Å². The van der Waals surface area contributed by atoms with Gasteiger partial charge in [-0.2, -0.15) is 0 Å². The Morgan fingerprint density at radius 3 is 2.44 bits per heavy atom. The summed E-state index contributed by atoms with van der Waals surface area (Å²) in [4.78, 5) is 20.9. The molecule has 1 aliphatic rings. The van der Waals surface area contributed by atoms with Gasteiger partial charge in [0.05, 0.1) is 0 Å². The number of piperidine rings is 1. The minimum absolute atomic E-state index is 0. The van der Waals surface area contributed by atoms with Crippen LogP contribution in [0.25, 0.3) is 0 Å². The van der Waals surface area contributed by atoms with E-state index in [1.807, 2.05) is 31.3 Å². The van der Waals surface area contributed by atoms with Crippen molar-refractivity contribution in [2.75, 3.05) is 45.7 Å². The van der Waals surface area contributed by atoms with Gasteiger partial charge in [0.2, 0.25) is 0 Å². The maximum atomic E-state index is 11.8. The van der Waals surface area contributed by atoms with Crippen LogP contribution < -0.4 is 15.5 Å². The number of halogens is 1. The summed E-state index contributed by atoms with van der Waals surface area (Å²) in [5.41, 5.74) is 4.41. The van der Waals surface area contributed by atoms with Crippen LogP contribution in [0.5, 0.6) is 0 Å². The molecule has 2 aromatic rings. The fourth-order valence-corrected chi connectivity index (χ4v) is 4.03. The summed E-state index contributed by atoms with van der Waals surface area (Å²) >= 11 is 0. The van der Waals surface area contributed by atoms with Crippen molar-refractivity contribution in [1.29, 1.82) is 0 Å². The third-order valence-electron chi connectivity index (χ3n) is 5.76. The van der Waals surface area contributed by atoms with Gasteiger partial charge in [0.25, 0.3) is 5.91 Å². The quantitative estimate of drug-likeness (QED) is 0.313. The average molecular weight is 550 g/mol. The van der Waals surface area contributed by atoms with Crippen molar-refractivity contribution in [3.05, 3.63) is 65.2 Å². The zero-order valence-corrected chi connectivity index (χ0v) is 21.8. The molecule has 0 unspecified atom stereocenters. The molecule has 0 aliphatic carbocycles. The second-order valence-electron chi connectivity index (χ2n) is 8.07. The van der Waals surface area contributed by atoms with Crippen LogP contribution in [-0.4, -0.2) is 57.5 Å². The standard InChI is InChI=1S/C25H35N5O.HI/c1-26-24(31)22-9-7-8-20(18-22)14-15-28-25(27-2)29(3)19-21-10-12-23(13-11-21)30-16-5-4-6-17-30;/h7-13,18H,4-6,14-17,19H2,1-3H3,(H,26,31)(H,27,28);1H. The van der Waals surface area contributed by atoms with Gasteiger partial charge in [0.1, 0.15) is 0 Å². The molecule has 2 aromatic carbocycles. The number of amides is 1.